The third-order valence-electron chi connectivity index (χ3n) is 7.17. The number of phenols is 2. The van der Waals surface area contributed by atoms with Gasteiger partial charge in [-0.25, -0.2) is 0 Å². The number of rotatable bonds is 16. The molecule has 2 N–H and O–H groups in total. The van der Waals surface area contributed by atoms with Gasteiger partial charge in [0, 0.05) is 0 Å². The van der Waals surface area contributed by atoms with Gasteiger partial charge < -0.3 is 29.2 Å². The van der Waals surface area contributed by atoms with Gasteiger partial charge in [0.2, 0.25) is 0 Å². The van der Waals surface area contributed by atoms with E-state index in [2.05, 4.69) is 27.7 Å². The second-order valence-electron chi connectivity index (χ2n) is 10.4. The number of benzene rings is 4. The highest BCUT2D eigenvalue weighted by Crippen LogP contribution is 2.46. The lowest BCUT2D eigenvalue weighted by Gasteiger charge is -2.19. The van der Waals surface area contributed by atoms with Crippen LogP contribution >= 0.6 is 0 Å². The maximum absolute atomic E-state index is 10.9. The minimum Gasteiger partial charge on any atom is -0.504 e. The van der Waals surface area contributed by atoms with Crippen molar-refractivity contribution in [3.8, 4) is 34.5 Å². The van der Waals surface area contributed by atoms with Crippen LogP contribution in [0.2, 0.25) is 0 Å². The molecule has 0 unspecified atom stereocenters. The Balaban J connectivity index is 1.99. The van der Waals surface area contributed by atoms with Crippen molar-refractivity contribution in [3.05, 3.63) is 36.4 Å². The normalized spacial score (nSPS) is 11.4. The number of aromatic hydroxyl groups is 2. The lowest BCUT2D eigenvalue weighted by molar-refractivity contribution is 0.262. The van der Waals surface area contributed by atoms with Gasteiger partial charge in [0.25, 0.3) is 0 Å². The van der Waals surface area contributed by atoms with E-state index in [4.69, 9.17) is 18.9 Å². The Morgan fingerprint density at radius 3 is 0.950 bits per heavy atom. The van der Waals surface area contributed by atoms with Gasteiger partial charge in [-0.1, -0.05) is 53.4 Å². The molecule has 0 saturated heterocycles. The third kappa shape index (κ3) is 6.60. The van der Waals surface area contributed by atoms with Crippen LogP contribution in [0, 0.1) is 0 Å². The van der Waals surface area contributed by atoms with Crippen molar-refractivity contribution >= 4 is 32.3 Å². The number of hydrogen-bond donors (Lipinski definition) is 2. The molecule has 0 spiro atoms. The highest BCUT2D eigenvalue weighted by molar-refractivity contribution is 6.26. The fourth-order valence-electron chi connectivity index (χ4n) is 4.80. The molecule has 0 heterocycles. The molecule has 4 aromatic carbocycles. The first-order valence-corrected chi connectivity index (χ1v) is 15.0. The summed E-state index contributed by atoms with van der Waals surface area (Å²) in [5, 5.41) is 27.3. The van der Waals surface area contributed by atoms with Crippen molar-refractivity contribution in [1.29, 1.82) is 0 Å². The van der Waals surface area contributed by atoms with Crippen molar-refractivity contribution < 1.29 is 29.2 Å². The fraction of sp³-hybridized carbons (Fsp3) is 0.471. The third-order valence-corrected chi connectivity index (χ3v) is 7.17. The summed E-state index contributed by atoms with van der Waals surface area (Å²) in [4.78, 5) is 0. The van der Waals surface area contributed by atoms with Gasteiger partial charge in [-0.15, -0.1) is 0 Å². The van der Waals surface area contributed by atoms with Gasteiger partial charge in [-0.05, 0) is 94.4 Å². The fourth-order valence-corrected chi connectivity index (χ4v) is 4.80. The van der Waals surface area contributed by atoms with Crippen molar-refractivity contribution in [1.82, 2.24) is 0 Å². The van der Waals surface area contributed by atoms with Gasteiger partial charge in [0.05, 0.1) is 26.4 Å². The molecule has 0 atom stereocenters. The van der Waals surface area contributed by atoms with Crippen LogP contribution in [0.25, 0.3) is 32.3 Å². The van der Waals surface area contributed by atoms with E-state index in [1.54, 1.807) is 12.1 Å². The van der Waals surface area contributed by atoms with Gasteiger partial charge in [-0.3, -0.25) is 0 Å². The zero-order valence-electron chi connectivity index (χ0n) is 24.5. The molecular weight excluding hydrogens is 504 g/mol. The molecule has 0 amide bonds. The highest BCUT2D eigenvalue weighted by atomic mass is 16.5. The summed E-state index contributed by atoms with van der Waals surface area (Å²) in [6, 6.07) is 11.4. The average molecular weight is 549 g/mol. The summed E-state index contributed by atoms with van der Waals surface area (Å²) in [7, 11) is 0. The molecular formula is C34H44O6. The van der Waals surface area contributed by atoms with Crippen LogP contribution in [0.5, 0.6) is 34.5 Å². The zero-order chi connectivity index (χ0) is 28.5. The van der Waals surface area contributed by atoms with E-state index in [1.165, 1.54) is 0 Å². The zero-order valence-corrected chi connectivity index (χ0v) is 24.5. The second-order valence-corrected chi connectivity index (χ2v) is 10.4. The molecule has 0 aliphatic heterocycles. The summed E-state index contributed by atoms with van der Waals surface area (Å²) < 4.78 is 24.4. The first-order valence-electron chi connectivity index (χ1n) is 15.0. The summed E-state index contributed by atoms with van der Waals surface area (Å²) in [6.45, 7) is 10.7. The standard InChI is InChI=1S/C34H44O6/c1-5-9-13-37-31-19-25-23-17-29(35)32(38-14-10-6-2)20-26(23)28-22-34(40-16-12-8-4)33(39-15-11-7-3)21-27(28)24(25)18-30(31)36/h17-22,35-36H,5-16H2,1-4H3. The Labute approximate surface area is 237 Å². The molecule has 6 heteroatoms. The van der Waals surface area contributed by atoms with Gasteiger partial charge >= 0.3 is 0 Å². The average Bonchev–Trinajstić information content (AvgIpc) is 2.95. The van der Waals surface area contributed by atoms with E-state index in [1.807, 2.05) is 24.3 Å². The minimum atomic E-state index is 0.0877. The number of hydrogen-bond acceptors (Lipinski definition) is 6. The summed E-state index contributed by atoms with van der Waals surface area (Å²) >= 11 is 0. The van der Waals surface area contributed by atoms with E-state index < -0.39 is 0 Å². The van der Waals surface area contributed by atoms with Crippen LogP contribution in [-0.2, 0) is 0 Å². The SMILES string of the molecule is CCCCOc1cc2c(cc1O)c1cc(OCCCC)c(O)cc1c1cc(OCCCC)c(OCCCC)cc21. The Hall–Kier alpha value is -3.54. The van der Waals surface area contributed by atoms with Crippen molar-refractivity contribution in [2.75, 3.05) is 26.4 Å². The monoisotopic (exact) mass is 548 g/mol. The van der Waals surface area contributed by atoms with Crippen LogP contribution in [0.15, 0.2) is 36.4 Å². The molecule has 4 rings (SSSR count). The van der Waals surface area contributed by atoms with Crippen molar-refractivity contribution in [3.63, 3.8) is 0 Å². The van der Waals surface area contributed by atoms with Crippen LogP contribution in [0.4, 0.5) is 0 Å². The van der Waals surface area contributed by atoms with E-state index in [9.17, 15) is 10.2 Å². The first-order chi connectivity index (χ1) is 19.5. The molecule has 0 aromatic heterocycles. The molecule has 4 aromatic rings. The Bertz CT molecular complexity index is 1390. The quantitative estimate of drug-likeness (QED) is 0.107. The van der Waals surface area contributed by atoms with E-state index in [-0.39, 0.29) is 11.5 Å². The predicted molar refractivity (Wildman–Crippen MR) is 164 cm³/mol. The molecule has 40 heavy (non-hydrogen) atoms. The van der Waals surface area contributed by atoms with Gasteiger partial charge in [0.15, 0.2) is 34.5 Å². The Kier molecular flexibility index (Phi) is 10.5. The molecule has 6 nitrogen and oxygen atoms in total. The predicted octanol–water partition coefficient (Wildman–Crippen LogP) is 9.27. The van der Waals surface area contributed by atoms with Crippen LogP contribution in [0.3, 0.4) is 0 Å². The summed E-state index contributed by atoms with van der Waals surface area (Å²) in [5.41, 5.74) is 0. The molecule has 216 valence electrons. The van der Waals surface area contributed by atoms with Crippen molar-refractivity contribution in [2.45, 2.75) is 79.1 Å². The first kappa shape index (κ1) is 29.4. The van der Waals surface area contributed by atoms with E-state index in [0.717, 1.165) is 83.7 Å². The molecule has 0 aliphatic rings. The van der Waals surface area contributed by atoms with Crippen LogP contribution < -0.4 is 18.9 Å². The smallest absolute Gasteiger partial charge is 0.161 e. The molecule has 0 fully saturated rings. The van der Waals surface area contributed by atoms with E-state index >= 15 is 0 Å². The van der Waals surface area contributed by atoms with E-state index in [0.29, 0.717) is 49.4 Å². The maximum atomic E-state index is 10.9. The maximum Gasteiger partial charge on any atom is 0.161 e. The molecule has 0 bridgehead atoms. The van der Waals surface area contributed by atoms with Crippen LogP contribution in [0.1, 0.15) is 79.1 Å². The largest absolute Gasteiger partial charge is 0.504 e. The van der Waals surface area contributed by atoms with Gasteiger partial charge in [-0.2, -0.15) is 0 Å². The second kappa shape index (κ2) is 14.2. The summed E-state index contributed by atoms with van der Waals surface area (Å²) in [6.07, 6.45) is 7.77. The lowest BCUT2D eigenvalue weighted by atomic mass is 9.93. The van der Waals surface area contributed by atoms with Crippen molar-refractivity contribution in [2.24, 2.45) is 0 Å². The summed E-state index contributed by atoms with van der Waals surface area (Å²) in [5.74, 6) is 2.45. The van der Waals surface area contributed by atoms with Crippen LogP contribution in [-0.4, -0.2) is 36.6 Å². The minimum absolute atomic E-state index is 0.0877. The number of unbranched alkanes of at least 4 members (excludes halogenated alkanes) is 4. The molecule has 0 radical (unpaired) electrons. The molecule has 0 aliphatic carbocycles. The number of fused-ring (bicyclic) bond motifs is 6. The van der Waals surface area contributed by atoms with Gasteiger partial charge in [0.1, 0.15) is 0 Å². The molecule has 0 saturated carbocycles. The highest BCUT2D eigenvalue weighted by Gasteiger charge is 2.19. The topological polar surface area (TPSA) is 77.4 Å². The number of ether oxygens (including phenoxy) is 4. The lowest BCUT2D eigenvalue weighted by Crippen LogP contribution is -2.03. The Morgan fingerprint density at radius 2 is 0.650 bits per heavy atom. The Morgan fingerprint density at radius 1 is 0.400 bits per heavy atom. The number of phenolic OH excluding ortho intramolecular Hbond substituents is 2.